The summed E-state index contributed by atoms with van der Waals surface area (Å²) in [7, 11) is 0. The lowest BCUT2D eigenvalue weighted by Gasteiger charge is -2.38. The molecule has 144 valence electrons. The molecule has 0 heterocycles. The lowest BCUT2D eigenvalue weighted by molar-refractivity contribution is -0.154. The lowest BCUT2D eigenvalue weighted by Crippen LogP contribution is -2.35. The Balaban J connectivity index is 1.99. The first-order chi connectivity index (χ1) is 12.0. The van der Waals surface area contributed by atoms with Crippen LogP contribution in [-0.4, -0.2) is 12.6 Å². The molecule has 2 fully saturated rings. The standard InChI is InChI=1S/C23H40O2/c1-5-18(2)16-23(4,21-14-10-7-11-15-21)17-25-22(24)19(3)20-12-8-6-9-13-20/h16,19-21H,5-15,17H2,1-4H3/b18-16+. The molecule has 0 aromatic carbocycles. The molecular weight excluding hydrogens is 308 g/mol. The Labute approximate surface area is 155 Å². The molecule has 0 aliphatic heterocycles. The van der Waals surface area contributed by atoms with Crippen molar-refractivity contribution in [3.05, 3.63) is 11.6 Å². The van der Waals surface area contributed by atoms with Crippen molar-refractivity contribution in [3.63, 3.8) is 0 Å². The van der Waals surface area contributed by atoms with E-state index in [4.69, 9.17) is 4.74 Å². The van der Waals surface area contributed by atoms with Gasteiger partial charge in [0.05, 0.1) is 5.92 Å². The van der Waals surface area contributed by atoms with Gasteiger partial charge in [-0.3, -0.25) is 4.79 Å². The Morgan fingerprint density at radius 2 is 1.64 bits per heavy atom. The molecule has 2 aliphatic carbocycles. The maximum Gasteiger partial charge on any atom is 0.308 e. The molecule has 2 atom stereocenters. The average Bonchev–Trinajstić information content (AvgIpc) is 2.66. The van der Waals surface area contributed by atoms with Gasteiger partial charge in [0.15, 0.2) is 0 Å². The van der Waals surface area contributed by atoms with Crippen LogP contribution < -0.4 is 0 Å². The first-order valence-corrected chi connectivity index (χ1v) is 10.8. The van der Waals surface area contributed by atoms with Crippen molar-refractivity contribution >= 4 is 5.97 Å². The summed E-state index contributed by atoms with van der Waals surface area (Å²) in [5.74, 6) is 1.29. The normalized spacial score (nSPS) is 24.6. The minimum absolute atomic E-state index is 0.00244. The van der Waals surface area contributed by atoms with E-state index >= 15 is 0 Å². The van der Waals surface area contributed by atoms with Crippen LogP contribution in [0.15, 0.2) is 11.6 Å². The third-order valence-corrected chi connectivity index (χ3v) is 6.93. The Morgan fingerprint density at radius 3 is 2.20 bits per heavy atom. The van der Waals surface area contributed by atoms with E-state index in [9.17, 15) is 4.79 Å². The molecule has 0 amide bonds. The second kappa shape index (κ2) is 9.78. The molecule has 2 heteroatoms. The van der Waals surface area contributed by atoms with Crippen molar-refractivity contribution in [1.82, 2.24) is 0 Å². The van der Waals surface area contributed by atoms with Gasteiger partial charge in [-0.2, -0.15) is 0 Å². The predicted molar refractivity (Wildman–Crippen MR) is 105 cm³/mol. The van der Waals surface area contributed by atoms with Gasteiger partial charge >= 0.3 is 5.97 Å². The number of carbonyl (C=O) groups excluding carboxylic acids is 1. The van der Waals surface area contributed by atoms with Crippen molar-refractivity contribution in [2.24, 2.45) is 23.2 Å². The van der Waals surface area contributed by atoms with E-state index < -0.39 is 0 Å². The van der Waals surface area contributed by atoms with Crippen LogP contribution in [0.3, 0.4) is 0 Å². The molecule has 0 spiro atoms. The fourth-order valence-electron chi connectivity index (χ4n) is 4.89. The monoisotopic (exact) mass is 348 g/mol. The molecule has 0 aromatic rings. The fraction of sp³-hybridized carbons (Fsp3) is 0.870. The molecule has 0 radical (unpaired) electrons. The molecule has 25 heavy (non-hydrogen) atoms. The number of esters is 1. The van der Waals surface area contributed by atoms with E-state index in [2.05, 4.69) is 33.8 Å². The highest BCUT2D eigenvalue weighted by Crippen LogP contribution is 2.41. The van der Waals surface area contributed by atoms with Gasteiger partial charge in [0.2, 0.25) is 0 Å². The molecule has 2 aliphatic rings. The minimum atomic E-state index is 0.00244. The summed E-state index contributed by atoms with van der Waals surface area (Å²) in [5, 5.41) is 0. The average molecular weight is 349 g/mol. The van der Waals surface area contributed by atoms with Gasteiger partial charge in [0, 0.05) is 5.41 Å². The fourth-order valence-corrected chi connectivity index (χ4v) is 4.89. The summed E-state index contributed by atoms with van der Waals surface area (Å²) in [6.45, 7) is 9.40. The van der Waals surface area contributed by atoms with E-state index in [0.717, 1.165) is 6.42 Å². The van der Waals surface area contributed by atoms with Crippen molar-refractivity contribution in [2.45, 2.75) is 98.3 Å². The highest BCUT2D eigenvalue weighted by molar-refractivity contribution is 5.72. The highest BCUT2D eigenvalue weighted by atomic mass is 16.5. The first-order valence-electron chi connectivity index (χ1n) is 10.8. The number of hydrogen-bond acceptors (Lipinski definition) is 2. The summed E-state index contributed by atoms with van der Waals surface area (Å²) in [6.07, 6.45) is 16.4. The minimum Gasteiger partial charge on any atom is -0.465 e. The SMILES string of the molecule is CC/C(C)=C/C(C)(COC(=O)C(C)C1CCCCC1)C1CCCCC1. The van der Waals surface area contributed by atoms with Crippen LogP contribution in [0.5, 0.6) is 0 Å². The number of rotatable bonds is 7. The lowest BCUT2D eigenvalue weighted by atomic mass is 9.69. The molecule has 2 saturated carbocycles. The van der Waals surface area contributed by atoms with Gasteiger partial charge in [0.25, 0.3) is 0 Å². The zero-order valence-electron chi connectivity index (χ0n) is 17.1. The van der Waals surface area contributed by atoms with Crippen molar-refractivity contribution in [3.8, 4) is 0 Å². The van der Waals surface area contributed by atoms with Crippen LogP contribution in [0.25, 0.3) is 0 Å². The van der Waals surface area contributed by atoms with Crippen LogP contribution in [-0.2, 0) is 9.53 Å². The molecular formula is C23H40O2. The number of allylic oxidation sites excluding steroid dienone is 1. The van der Waals surface area contributed by atoms with Gasteiger partial charge in [-0.1, -0.05) is 70.9 Å². The van der Waals surface area contributed by atoms with Gasteiger partial charge in [-0.05, 0) is 50.9 Å². The molecule has 2 unspecified atom stereocenters. The quantitative estimate of drug-likeness (QED) is 0.378. The van der Waals surface area contributed by atoms with Crippen molar-refractivity contribution < 1.29 is 9.53 Å². The van der Waals surface area contributed by atoms with Crippen molar-refractivity contribution in [2.75, 3.05) is 6.61 Å². The molecule has 2 rings (SSSR count). The van der Waals surface area contributed by atoms with Crippen LogP contribution in [0.2, 0.25) is 0 Å². The maximum absolute atomic E-state index is 12.7. The Hall–Kier alpha value is -0.790. The van der Waals surface area contributed by atoms with E-state index in [-0.39, 0.29) is 17.3 Å². The third-order valence-electron chi connectivity index (χ3n) is 6.93. The van der Waals surface area contributed by atoms with Gasteiger partial charge in [0.1, 0.15) is 6.61 Å². The Morgan fingerprint density at radius 1 is 1.08 bits per heavy atom. The van der Waals surface area contributed by atoms with Crippen LogP contribution in [0.4, 0.5) is 0 Å². The molecule has 2 nitrogen and oxygen atoms in total. The molecule has 0 aromatic heterocycles. The summed E-state index contributed by atoms with van der Waals surface area (Å²) in [4.78, 5) is 12.7. The summed E-state index contributed by atoms with van der Waals surface area (Å²) in [6, 6.07) is 0. The maximum atomic E-state index is 12.7. The van der Waals surface area contributed by atoms with E-state index in [1.807, 2.05) is 0 Å². The van der Waals surface area contributed by atoms with E-state index in [1.54, 1.807) is 0 Å². The number of carbonyl (C=O) groups is 1. The third kappa shape index (κ3) is 5.86. The first kappa shape index (κ1) is 20.5. The zero-order valence-corrected chi connectivity index (χ0v) is 17.1. The van der Waals surface area contributed by atoms with Crippen molar-refractivity contribution in [1.29, 1.82) is 0 Å². The predicted octanol–water partition coefficient (Wildman–Crippen LogP) is 6.69. The highest BCUT2D eigenvalue weighted by Gasteiger charge is 2.36. The number of hydrogen-bond donors (Lipinski definition) is 0. The van der Waals surface area contributed by atoms with Crippen LogP contribution in [0, 0.1) is 23.2 Å². The topological polar surface area (TPSA) is 26.3 Å². The van der Waals surface area contributed by atoms with E-state index in [0.29, 0.717) is 18.4 Å². The Bertz CT molecular complexity index is 441. The largest absolute Gasteiger partial charge is 0.465 e. The van der Waals surface area contributed by atoms with Gasteiger partial charge in [-0.25, -0.2) is 0 Å². The smallest absolute Gasteiger partial charge is 0.308 e. The van der Waals surface area contributed by atoms with Gasteiger partial charge in [-0.15, -0.1) is 0 Å². The van der Waals surface area contributed by atoms with Crippen LogP contribution >= 0.6 is 0 Å². The van der Waals surface area contributed by atoms with Crippen LogP contribution in [0.1, 0.15) is 98.3 Å². The zero-order chi connectivity index (χ0) is 18.3. The molecule has 0 N–H and O–H groups in total. The van der Waals surface area contributed by atoms with E-state index in [1.165, 1.54) is 69.8 Å². The number of ether oxygens (including phenoxy) is 1. The van der Waals surface area contributed by atoms with Gasteiger partial charge < -0.3 is 4.74 Å². The second-order valence-corrected chi connectivity index (χ2v) is 8.98. The molecule has 0 bridgehead atoms. The summed E-state index contributed by atoms with van der Waals surface area (Å²) in [5.41, 5.74) is 1.42. The summed E-state index contributed by atoms with van der Waals surface area (Å²) >= 11 is 0. The molecule has 0 saturated heterocycles. The Kier molecular flexibility index (Phi) is 8.03. The summed E-state index contributed by atoms with van der Waals surface area (Å²) < 4.78 is 5.94. The second-order valence-electron chi connectivity index (χ2n) is 8.98.